The first-order valence-corrected chi connectivity index (χ1v) is 10.6. The molecule has 0 bridgehead atoms. The van der Waals surface area contributed by atoms with E-state index in [-0.39, 0.29) is 6.03 Å². The summed E-state index contributed by atoms with van der Waals surface area (Å²) in [5.74, 6) is 0. The van der Waals surface area contributed by atoms with Gasteiger partial charge >= 0.3 is 6.03 Å². The molecule has 0 radical (unpaired) electrons. The average molecular weight is 386 g/mol. The molecule has 2 aromatic rings. The molecule has 2 amide bonds. The number of aromatic nitrogens is 1. The van der Waals surface area contributed by atoms with E-state index in [1.54, 1.807) is 11.3 Å². The number of fused-ring (bicyclic) bond motifs is 1. The van der Waals surface area contributed by atoms with Crippen LogP contribution in [-0.2, 0) is 13.0 Å². The minimum Gasteiger partial charge on any atom is -0.345 e. The molecule has 7 heteroatoms. The number of thiazole rings is 1. The Balaban J connectivity index is 1.18. The number of carbonyl (C=O) groups excluding carboxylic acids is 1. The van der Waals surface area contributed by atoms with Crippen LogP contribution in [0.5, 0.6) is 0 Å². The average Bonchev–Trinajstić information content (AvgIpc) is 3.14. The van der Waals surface area contributed by atoms with Gasteiger partial charge in [-0.25, -0.2) is 9.78 Å². The molecule has 3 heterocycles. The maximum atomic E-state index is 12.5. The van der Waals surface area contributed by atoms with E-state index in [1.165, 1.54) is 11.1 Å². The lowest BCUT2D eigenvalue weighted by atomic mass is 10.00. The molecule has 0 unspecified atom stereocenters. The van der Waals surface area contributed by atoms with Gasteiger partial charge in [0.1, 0.15) is 0 Å². The third kappa shape index (κ3) is 4.42. The van der Waals surface area contributed by atoms with Gasteiger partial charge in [0.15, 0.2) is 5.13 Å². The second kappa shape index (κ2) is 8.27. The fourth-order valence-electron chi connectivity index (χ4n) is 3.77. The molecule has 0 aliphatic carbocycles. The number of hydrogen-bond donors (Lipinski definition) is 1. The van der Waals surface area contributed by atoms with Crippen molar-refractivity contribution in [3.63, 3.8) is 0 Å². The Labute approximate surface area is 164 Å². The van der Waals surface area contributed by atoms with Crippen molar-refractivity contribution in [3.8, 4) is 0 Å². The Kier molecular flexibility index (Phi) is 5.59. The van der Waals surface area contributed by atoms with E-state index in [0.29, 0.717) is 6.54 Å². The lowest BCUT2D eigenvalue weighted by Crippen LogP contribution is -2.52. The summed E-state index contributed by atoms with van der Waals surface area (Å²) in [5.41, 5.74) is 3.95. The SMILES string of the molecule is Cc1csc(N2CCN(C(=O)NCCN3CCc4ccccc4C3)CC2)n1. The number of anilines is 1. The summed E-state index contributed by atoms with van der Waals surface area (Å²) in [6.45, 7) is 8.88. The monoisotopic (exact) mass is 385 g/mol. The van der Waals surface area contributed by atoms with Gasteiger partial charge in [-0.05, 0) is 24.5 Å². The van der Waals surface area contributed by atoms with E-state index >= 15 is 0 Å². The summed E-state index contributed by atoms with van der Waals surface area (Å²) in [7, 11) is 0. The van der Waals surface area contributed by atoms with Gasteiger partial charge in [-0.3, -0.25) is 4.90 Å². The van der Waals surface area contributed by atoms with Crippen molar-refractivity contribution >= 4 is 22.5 Å². The van der Waals surface area contributed by atoms with E-state index in [2.05, 4.69) is 49.7 Å². The molecule has 2 aliphatic rings. The predicted molar refractivity (Wildman–Crippen MR) is 109 cm³/mol. The van der Waals surface area contributed by atoms with Crippen LogP contribution >= 0.6 is 11.3 Å². The van der Waals surface area contributed by atoms with Gasteiger partial charge < -0.3 is 15.1 Å². The van der Waals surface area contributed by atoms with Crippen LogP contribution < -0.4 is 10.2 Å². The molecule has 0 spiro atoms. The van der Waals surface area contributed by atoms with Crippen LogP contribution in [0.1, 0.15) is 16.8 Å². The number of rotatable bonds is 4. The highest BCUT2D eigenvalue weighted by Gasteiger charge is 2.23. The fraction of sp³-hybridized carbons (Fsp3) is 0.500. The van der Waals surface area contributed by atoms with Crippen molar-refractivity contribution in [2.24, 2.45) is 0 Å². The second-order valence-corrected chi connectivity index (χ2v) is 8.11. The number of piperazine rings is 1. The van der Waals surface area contributed by atoms with E-state index in [1.807, 2.05) is 11.8 Å². The van der Waals surface area contributed by atoms with Crippen molar-refractivity contribution in [2.45, 2.75) is 19.9 Å². The third-order valence-corrected chi connectivity index (χ3v) is 6.38. The normalized spacial score (nSPS) is 17.7. The second-order valence-electron chi connectivity index (χ2n) is 7.27. The van der Waals surface area contributed by atoms with Gasteiger partial charge in [0.2, 0.25) is 0 Å². The van der Waals surface area contributed by atoms with Gasteiger partial charge in [0, 0.05) is 57.7 Å². The molecule has 1 aromatic carbocycles. The van der Waals surface area contributed by atoms with E-state index in [9.17, 15) is 4.79 Å². The van der Waals surface area contributed by atoms with Crippen molar-refractivity contribution in [3.05, 3.63) is 46.5 Å². The molecule has 6 nitrogen and oxygen atoms in total. The first kappa shape index (κ1) is 18.3. The zero-order valence-electron chi connectivity index (χ0n) is 15.9. The first-order valence-electron chi connectivity index (χ1n) is 9.68. The fourth-order valence-corrected chi connectivity index (χ4v) is 4.62. The highest BCUT2D eigenvalue weighted by Crippen LogP contribution is 2.21. The molecule has 144 valence electrons. The Hall–Kier alpha value is -2.12. The third-order valence-electron chi connectivity index (χ3n) is 5.36. The van der Waals surface area contributed by atoms with Gasteiger partial charge in [0.05, 0.1) is 5.69 Å². The highest BCUT2D eigenvalue weighted by atomic mass is 32.1. The zero-order chi connectivity index (χ0) is 18.6. The van der Waals surface area contributed by atoms with Crippen molar-refractivity contribution in [1.82, 2.24) is 20.1 Å². The van der Waals surface area contributed by atoms with Crippen LogP contribution in [0.2, 0.25) is 0 Å². The number of aryl methyl sites for hydroxylation is 1. The topological polar surface area (TPSA) is 51.7 Å². The number of hydrogen-bond acceptors (Lipinski definition) is 5. The lowest BCUT2D eigenvalue weighted by Gasteiger charge is -2.35. The summed E-state index contributed by atoms with van der Waals surface area (Å²) >= 11 is 1.68. The minimum absolute atomic E-state index is 0.0578. The number of carbonyl (C=O) groups is 1. The molecular formula is C20H27N5OS. The molecule has 1 N–H and O–H groups in total. The summed E-state index contributed by atoms with van der Waals surface area (Å²) < 4.78 is 0. The molecule has 0 atom stereocenters. The molecule has 0 saturated carbocycles. The summed E-state index contributed by atoms with van der Waals surface area (Å²) in [4.78, 5) is 23.6. The smallest absolute Gasteiger partial charge is 0.317 e. The summed E-state index contributed by atoms with van der Waals surface area (Å²) in [6.07, 6.45) is 1.10. The molecule has 1 aromatic heterocycles. The summed E-state index contributed by atoms with van der Waals surface area (Å²) in [6, 6.07) is 8.72. The van der Waals surface area contributed by atoms with Gasteiger partial charge in [-0.15, -0.1) is 11.3 Å². The van der Waals surface area contributed by atoms with Crippen LogP contribution in [0.4, 0.5) is 9.93 Å². The van der Waals surface area contributed by atoms with Crippen LogP contribution in [0, 0.1) is 6.92 Å². The van der Waals surface area contributed by atoms with E-state index in [0.717, 1.165) is 63.1 Å². The maximum absolute atomic E-state index is 12.5. The van der Waals surface area contributed by atoms with Crippen LogP contribution in [0.3, 0.4) is 0 Å². The van der Waals surface area contributed by atoms with Crippen LogP contribution in [0.25, 0.3) is 0 Å². The van der Waals surface area contributed by atoms with E-state index < -0.39 is 0 Å². The molecule has 27 heavy (non-hydrogen) atoms. The standard InChI is InChI=1S/C20H27N5OS/c1-16-15-27-20(22-16)25-12-10-24(11-13-25)19(26)21-7-9-23-8-6-17-4-2-3-5-18(17)14-23/h2-5,15H,6-14H2,1H3,(H,21,26). The molecule has 2 aliphatic heterocycles. The van der Waals surface area contributed by atoms with E-state index in [4.69, 9.17) is 0 Å². The van der Waals surface area contributed by atoms with Crippen molar-refractivity contribution < 1.29 is 4.79 Å². The molecular weight excluding hydrogens is 358 g/mol. The van der Waals surface area contributed by atoms with Crippen molar-refractivity contribution in [2.75, 3.05) is 50.7 Å². The Morgan fingerprint density at radius 2 is 1.93 bits per heavy atom. The number of benzene rings is 1. The van der Waals surface area contributed by atoms with Gasteiger partial charge in [0.25, 0.3) is 0 Å². The Morgan fingerprint density at radius 1 is 1.15 bits per heavy atom. The quantitative estimate of drug-likeness (QED) is 0.878. The number of nitrogens with one attached hydrogen (secondary N) is 1. The van der Waals surface area contributed by atoms with Crippen LogP contribution in [0.15, 0.2) is 29.6 Å². The zero-order valence-corrected chi connectivity index (χ0v) is 16.7. The van der Waals surface area contributed by atoms with Crippen LogP contribution in [-0.4, -0.2) is 66.6 Å². The largest absolute Gasteiger partial charge is 0.345 e. The molecule has 1 fully saturated rings. The Morgan fingerprint density at radius 3 is 2.67 bits per heavy atom. The maximum Gasteiger partial charge on any atom is 0.317 e. The predicted octanol–water partition coefficient (Wildman–Crippen LogP) is 2.34. The van der Waals surface area contributed by atoms with Gasteiger partial charge in [-0.2, -0.15) is 0 Å². The Bertz CT molecular complexity index is 784. The highest BCUT2D eigenvalue weighted by molar-refractivity contribution is 7.13. The first-order chi connectivity index (χ1) is 13.2. The van der Waals surface area contributed by atoms with Crippen molar-refractivity contribution in [1.29, 1.82) is 0 Å². The lowest BCUT2D eigenvalue weighted by molar-refractivity contribution is 0.190. The molecule has 4 rings (SSSR count). The summed E-state index contributed by atoms with van der Waals surface area (Å²) in [5, 5.41) is 6.24. The number of amides is 2. The molecule has 1 saturated heterocycles. The number of nitrogens with zero attached hydrogens (tertiary/aromatic N) is 4. The number of urea groups is 1. The van der Waals surface area contributed by atoms with Gasteiger partial charge in [-0.1, -0.05) is 24.3 Å². The minimum atomic E-state index is 0.0578.